The number of hydrogen-bond donors (Lipinski definition) is 1. The van der Waals surface area contributed by atoms with Gasteiger partial charge in [0.25, 0.3) is 0 Å². The van der Waals surface area contributed by atoms with E-state index in [0.717, 1.165) is 31.7 Å². The first kappa shape index (κ1) is 18.1. The molecule has 0 aliphatic heterocycles. The summed E-state index contributed by atoms with van der Waals surface area (Å²) in [7, 11) is 4.95. The Morgan fingerprint density at radius 2 is 1.67 bits per heavy atom. The smallest absolute Gasteiger partial charge is 0.162 e. The van der Waals surface area contributed by atoms with Crippen molar-refractivity contribution >= 4 is 11.6 Å². The van der Waals surface area contributed by atoms with E-state index in [-0.39, 0.29) is 5.41 Å². The van der Waals surface area contributed by atoms with Gasteiger partial charge in [0.05, 0.1) is 20.8 Å². The third kappa shape index (κ3) is 5.06. The molecule has 1 aromatic rings. The van der Waals surface area contributed by atoms with Gasteiger partial charge in [-0.05, 0) is 30.0 Å². The van der Waals surface area contributed by atoms with Gasteiger partial charge in [0.1, 0.15) is 0 Å². The summed E-state index contributed by atoms with van der Waals surface area (Å²) in [4.78, 5) is 0. The van der Waals surface area contributed by atoms with Crippen molar-refractivity contribution in [1.82, 2.24) is 5.32 Å². The van der Waals surface area contributed by atoms with Crippen LogP contribution in [-0.2, 0) is 10.2 Å². The molecule has 0 atom stereocenters. The monoisotopic (exact) mass is 315 g/mol. The summed E-state index contributed by atoms with van der Waals surface area (Å²) in [6, 6.07) is 3.78. The fourth-order valence-corrected chi connectivity index (χ4v) is 2.62. The minimum absolute atomic E-state index is 0.0588. The SMILES string of the molecule is COCCNCCC(C)(C)c1cc(OC)c(OC)cc1Cl. The van der Waals surface area contributed by atoms with Crippen LogP contribution in [0.1, 0.15) is 25.8 Å². The molecule has 0 aliphatic carbocycles. The first-order valence-corrected chi connectivity index (χ1v) is 7.45. The van der Waals surface area contributed by atoms with Crippen LogP contribution in [0.2, 0.25) is 5.02 Å². The van der Waals surface area contributed by atoms with Gasteiger partial charge in [-0.15, -0.1) is 0 Å². The molecule has 0 aliphatic rings. The minimum Gasteiger partial charge on any atom is -0.493 e. The number of nitrogens with one attached hydrogen (secondary N) is 1. The lowest BCUT2D eigenvalue weighted by Crippen LogP contribution is -2.27. The van der Waals surface area contributed by atoms with Crippen LogP contribution in [-0.4, -0.2) is 41.0 Å². The van der Waals surface area contributed by atoms with Crippen molar-refractivity contribution in [3.63, 3.8) is 0 Å². The molecule has 5 heteroatoms. The Labute approximate surface area is 132 Å². The fourth-order valence-electron chi connectivity index (χ4n) is 2.21. The molecule has 0 saturated carbocycles. The molecule has 0 spiro atoms. The summed E-state index contributed by atoms with van der Waals surface area (Å²) < 4.78 is 15.7. The molecule has 0 radical (unpaired) electrons. The van der Waals surface area contributed by atoms with Gasteiger partial charge in [0.15, 0.2) is 11.5 Å². The molecule has 0 heterocycles. The lowest BCUT2D eigenvalue weighted by Gasteiger charge is -2.27. The topological polar surface area (TPSA) is 39.7 Å². The van der Waals surface area contributed by atoms with E-state index in [2.05, 4.69) is 19.2 Å². The quantitative estimate of drug-likeness (QED) is 0.710. The summed E-state index contributed by atoms with van der Waals surface area (Å²) in [6.07, 6.45) is 0.964. The van der Waals surface area contributed by atoms with E-state index >= 15 is 0 Å². The van der Waals surface area contributed by atoms with Crippen molar-refractivity contribution in [3.8, 4) is 11.5 Å². The summed E-state index contributed by atoms with van der Waals surface area (Å²) in [6.45, 7) is 6.83. The first-order chi connectivity index (χ1) is 9.96. The van der Waals surface area contributed by atoms with Crippen LogP contribution in [0.4, 0.5) is 0 Å². The highest BCUT2D eigenvalue weighted by atomic mass is 35.5. The van der Waals surface area contributed by atoms with Crippen LogP contribution in [0.15, 0.2) is 12.1 Å². The van der Waals surface area contributed by atoms with Crippen molar-refractivity contribution < 1.29 is 14.2 Å². The maximum Gasteiger partial charge on any atom is 0.162 e. The molecule has 1 aromatic carbocycles. The Balaban J connectivity index is 2.81. The molecule has 1 rings (SSSR count). The molecular formula is C16H26ClNO3. The van der Waals surface area contributed by atoms with Gasteiger partial charge in [-0.3, -0.25) is 0 Å². The number of benzene rings is 1. The van der Waals surface area contributed by atoms with Crippen LogP contribution in [0.5, 0.6) is 11.5 Å². The van der Waals surface area contributed by atoms with E-state index in [1.807, 2.05) is 12.1 Å². The second-order valence-corrected chi connectivity index (χ2v) is 5.97. The summed E-state index contributed by atoms with van der Waals surface area (Å²) >= 11 is 6.41. The van der Waals surface area contributed by atoms with Gasteiger partial charge in [-0.1, -0.05) is 25.4 Å². The highest BCUT2D eigenvalue weighted by Crippen LogP contribution is 2.39. The largest absolute Gasteiger partial charge is 0.493 e. The zero-order valence-corrected chi connectivity index (χ0v) is 14.3. The summed E-state index contributed by atoms with van der Waals surface area (Å²) in [5.41, 5.74) is 1.01. The lowest BCUT2D eigenvalue weighted by atomic mass is 9.81. The van der Waals surface area contributed by atoms with Crippen molar-refractivity contribution in [2.45, 2.75) is 25.7 Å². The van der Waals surface area contributed by atoms with Crippen molar-refractivity contribution in [1.29, 1.82) is 0 Å². The zero-order chi connectivity index (χ0) is 15.9. The lowest BCUT2D eigenvalue weighted by molar-refractivity contribution is 0.198. The Morgan fingerprint density at radius 1 is 1.05 bits per heavy atom. The van der Waals surface area contributed by atoms with Gasteiger partial charge in [-0.2, -0.15) is 0 Å². The number of hydrogen-bond acceptors (Lipinski definition) is 4. The molecule has 0 amide bonds. The molecule has 0 saturated heterocycles. The third-order valence-corrected chi connectivity index (χ3v) is 3.92. The van der Waals surface area contributed by atoms with E-state index < -0.39 is 0 Å². The minimum atomic E-state index is -0.0588. The van der Waals surface area contributed by atoms with Gasteiger partial charge in [0, 0.05) is 24.7 Å². The Kier molecular flexibility index (Phi) is 7.29. The average molecular weight is 316 g/mol. The highest BCUT2D eigenvalue weighted by Gasteiger charge is 2.25. The van der Waals surface area contributed by atoms with Crippen molar-refractivity contribution in [3.05, 3.63) is 22.7 Å². The Morgan fingerprint density at radius 3 is 2.24 bits per heavy atom. The standard InChI is InChI=1S/C16H26ClNO3/c1-16(2,6-7-18-8-9-19-3)12-10-14(20-4)15(21-5)11-13(12)17/h10-11,18H,6-9H2,1-5H3. The van der Waals surface area contributed by atoms with Crippen LogP contribution in [0.3, 0.4) is 0 Å². The zero-order valence-electron chi connectivity index (χ0n) is 13.6. The maximum atomic E-state index is 6.41. The first-order valence-electron chi connectivity index (χ1n) is 7.08. The van der Waals surface area contributed by atoms with Gasteiger partial charge >= 0.3 is 0 Å². The molecule has 1 N–H and O–H groups in total. The van der Waals surface area contributed by atoms with E-state index in [1.165, 1.54) is 0 Å². The molecule has 4 nitrogen and oxygen atoms in total. The van der Waals surface area contributed by atoms with E-state index in [4.69, 9.17) is 25.8 Å². The van der Waals surface area contributed by atoms with E-state index in [1.54, 1.807) is 21.3 Å². The number of rotatable bonds is 9. The van der Waals surface area contributed by atoms with Crippen molar-refractivity contribution in [2.75, 3.05) is 41.0 Å². The highest BCUT2D eigenvalue weighted by molar-refractivity contribution is 6.31. The number of halogens is 1. The Hall–Kier alpha value is -0.970. The normalized spacial score (nSPS) is 11.5. The summed E-state index contributed by atoms with van der Waals surface area (Å²) in [5.74, 6) is 1.36. The van der Waals surface area contributed by atoms with Crippen LogP contribution >= 0.6 is 11.6 Å². The van der Waals surface area contributed by atoms with E-state index in [9.17, 15) is 0 Å². The van der Waals surface area contributed by atoms with Crippen molar-refractivity contribution in [2.24, 2.45) is 0 Å². The van der Waals surface area contributed by atoms with Crippen LogP contribution in [0.25, 0.3) is 0 Å². The van der Waals surface area contributed by atoms with Gasteiger partial charge in [0.2, 0.25) is 0 Å². The molecule has 0 aromatic heterocycles. The van der Waals surface area contributed by atoms with Gasteiger partial charge in [-0.25, -0.2) is 0 Å². The molecule has 120 valence electrons. The number of ether oxygens (including phenoxy) is 3. The third-order valence-electron chi connectivity index (χ3n) is 3.61. The molecule has 21 heavy (non-hydrogen) atoms. The van der Waals surface area contributed by atoms with Crippen LogP contribution in [0, 0.1) is 0 Å². The average Bonchev–Trinajstić information content (AvgIpc) is 2.46. The predicted octanol–water partition coefficient (Wildman–Crippen LogP) is 3.26. The summed E-state index contributed by atoms with van der Waals surface area (Å²) in [5, 5.41) is 4.06. The number of methoxy groups -OCH3 is 3. The second-order valence-electron chi connectivity index (χ2n) is 5.56. The van der Waals surface area contributed by atoms with Gasteiger partial charge < -0.3 is 19.5 Å². The molecule has 0 fully saturated rings. The maximum absolute atomic E-state index is 6.41. The second kappa shape index (κ2) is 8.47. The molecule has 0 bridgehead atoms. The fraction of sp³-hybridized carbons (Fsp3) is 0.625. The van der Waals surface area contributed by atoms with Crippen LogP contribution < -0.4 is 14.8 Å². The predicted molar refractivity (Wildman–Crippen MR) is 86.9 cm³/mol. The van der Waals surface area contributed by atoms with E-state index in [0.29, 0.717) is 16.5 Å². The Bertz CT molecular complexity index is 449. The molecule has 0 unspecified atom stereocenters. The molecular weight excluding hydrogens is 290 g/mol.